The lowest BCUT2D eigenvalue weighted by atomic mass is 10.2. The van der Waals surface area contributed by atoms with Crippen molar-refractivity contribution in [3.63, 3.8) is 0 Å². The molecule has 2 saturated heterocycles. The molecular weight excluding hydrogens is 364 g/mol. The van der Waals surface area contributed by atoms with Gasteiger partial charge in [-0.1, -0.05) is 15.9 Å². The molecule has 21 heavy (non-hydrogen) atoms. The highest BCUT2D eigenvalue weighted by molar-refractivity contribution is 9.10. The smallest absolute Gasteiger partial charge is 0.289 e. The number of hydrogen-bond acceptors (Lipinski definition) is 5. The van der Waals surface area contributed by atoms with Gasteiger partial charge in [-0.25, -0.2) is 8.42 Å². The number of benzene rings is 1. The van der Waals surface area contributed by atoms with Crippen LogP contribution in [-0.4, -0.2) is 42.9 Å². The lowest BCUT2D eigenvalue weighted by Crippen LogP contribution is -2.45. The Morgan fingerprint density at radius 1 is 1.29 bits per heavy atom. The van der Waals surface area contributed by atoms with Gasteiger partial charge in [0.1, 0.15) is 0 Å². The fourth-order valence-corrected chi connectivity index (χ4v) is 4.96. The third-order valence-corrected chi connectivity index (χ3v) is 6.10. The summed E-state index contributed by atoms with van der Waals surface area (Å²) in [5.74, 6) is 0. The Morgan fingerprint density at radius 3 is 2.48 bits per heavy atom. The molecule has 2 bridgehead atoms. The number of nitrogens with zero attached hydrogens (tertiary/aromatic N) is 2. The van der Waals surface area contributed by atoms with Gasteiger partial charge in [-0.15, -0.1) is 0 Å². The molecule has 0 N–H and O–H groups in total. The van der Waals surface area contributed by atoms with Gasteiger partial charge in [0.05, 0.1) is 17.1 Å². The van der Waals surface area contributed by atoms with Gasteiger partial charge in [-0.05, 0) is 25.0 Å². The maximum absolute atomic E-state index is 12.7. The first-order valence-electron chi connectivity index (χ1n) is 6.47. The quantitative estimate of drug-likeness (QED) is 0.593. The second-order valence-corrected chi connectivity index (χ2v) is 7.97. The summed E-state index contributed by atoms with van der Waals surface area (Å²) in [6, 6.07) is 3.94. The topological polar surface area (TPSA) is 89.8 Å². The van der Waals surface area contributed by atoms with Crippen LogP contribution in [0.15, 0.2) is 27.6 Å². The fourth-order valence-electron chi connectivity index (χ4n) is 2.76. The van der Waals surface area contributed by atoms with Gasteiger partial charge in [0.25, 0.3) is 5.69 Å². The normalized spacial score (nSPS) is 26.0. The molecule has 2 atom stereocenters. The van der Waals surface area contributed by atoms with E-state index in [2.05, 4.69) is 15.9 Å². The van der Waals surface area contributed by atoms with E-state index in [1.807, 2.05) is 0 Å². The molecule has 0 amide bonds. The zero-order chi connectivity index (χ0) is 15.2. The zero-order valence-corrected chi connectivity index (χ0v) is 13.3. The van der Waals surface area contributed by atoms with E-state index >= 15 is 0 Å². The fraction of sp³-hybridized carbons (Fsp3) is 0.500. The molecule has 2 aliphatic heterocycles. The summed E-state index contributed by atoms with van der Waals surface area (Å²) in [6.45, 7) is 0.505. The van der Waals surface area contributed by atoms with E-state index in [9.17, 15) is 18.5 Å². The summed E-state index contributed by atoms with van der Waals surface area (Å²) in [5, 5.41) is 11.1. The van der Waals surface area contributed by atoms with Gasteiger partial charge >= 0.3 is 0 Å². The molecule has 3 rings (SSSR count). The Bertz CT molecular complexity index is 681. The van der Waals surface area contributed by atoms with Crippen LogP contribution in [0.3, 0.4) is 0 Å². The largest absolute Gasteiger partial charge is 0.372 e. The van der Waals surface area contributed by atoms with E-state index in [0.717, 1.165) is 12.8 Å². The minimum absolute atomic E-state index is 0.107. The first-order valence-corrected chi connectivity index (χ1v) is 8.71. The van der Waals surface area contributed by atoms with Crippen LogP contribution in [0.4, 0.5) is 5.69 Å². The van der Waals surface area contributed by atoms with Crippen molar-refractivity contribution < 1.29 is 18.1 Å². The summed E-state index contributed by atoms with van der Waals surface area (Å²) in [6.07, 6.45) is 1.45. The summed E-state index contributed by atoms with van der Waals surface area (Å²) in [5.41, 5.74) is -0.406. The molecule has 1 aromatic carbocycles. The average Bonchev–Trinajstić information content (AvgIpc) is 2.76. The molecule has 0 aromatic heterocycles. The zero-order valence-electron chi connectivity index (χ0n) is 10.9. The molecule has 2 heterocycles. The van der Waals surface area contributed by atoms with Gasteiger partial charge in [0.15, 0.2) is 4.90 Å². The van der Waals surface area contributed by atoms with E-state index in [-0.39, 0.29) is 30.2 Å². The molecule has 114 valence electrons. The standard InChI is InChI=1S/C12H13BrN2O5S/c13-8-1-4-11(15(16)17)12(5-8)21(18,19)14-6-9-2-3-10(7-14)20-9/h1,4-5,9-10H,2-3,6-7H2. The van der Waals surface area contributed by atoms with Crippen molar-refractivity contribution >= 4 is 31.6 Å². The van der Waals surface area contributed by atoms with Crippen molar-refractivity contribution in [1.82, 2.24) is 4.31 Å². The van der Waals surface area contributed by atoms with Crippen molar-refractivity contribution in [2.45, 2.75) is 29.9 Å². The summed E-state index contributed by atoms with van der Waals surface area (Å²) < 4.78 is 32.9. The van der Waals surface area contributed by atoms with Crippen LogP contribution in [0.2, 0.25) is 0 Å². The highest BCUT2D eigenvalue weighted by Gasteiger charge is 2.41. The number of halogens is 1. The number of rotatable bonds is 3. The second kappa shape index (κ2) is 5.31. The molecule has 0 saturated carbocycles. The van der Waals surface area contributed by atoms with Crippen LogP contribution >= 0.6 is 15.9 Å². The number of fused-ring (bicyclic) bond motifs is 2. The van der Waals surface area contributed by atoms with E-state index in [0.29, 0.717) is 4.47 Å². The lowest BCUT2D eigenvalue weighted by Gasteiger charge is -2.31. The van der Waals surface area contributed by atoms with Gasteiger partial charge in [0.2, 0.25) is 10.0 Å². The molecule has 2 unspecified atom stereocenters. The number of sulfonamides is 1. The number of nitro groups is 1. The lowest BCUT2D eigenvalue weighted by molar-refractivity contribution is -0.387. The third-order valence-electron chi connectivity index (χ3n) is 3.75. The molecule has 2 aliphatic rings. The first kappa shape index (κ1) is 14.9. The predicted octanol–water partition coefficient (Wildman–Crippen LogP) is 1.91. The number of ether oxygens (including phenoxy) is 1. The predicted molar refractivity (Wildman–Crippen MR) is 77.5 cm³/mol. The number of morpholine rings is 1. The second-order valence-electron chi connectivity index (χ2n) is 5.15. The third kappa shape index (κ3) is 2.70. The Hall–Kier alpha value is -1.03. The average molecular weight is 377 g/mol. The van der Waals surface area contributed by atoms with E-state index in [1.54, 1.807) is 0 Å². The maximum atomic E-state index is 12.7. The van der Waals surface area contributed by atoms with Crippen LogP contribution in [-0.2, 0) is 14.8 Å². The number of nitro benzene ring substituents is 1. The van der Waals surface area contributed by atoms with Crippen LogP contribution in [0.1, 0.15) is 12.8 Å². The summed E-state index contributed by atoms with van der Waals surface area (Å²) in [7, 11) is -3.90. The minimum Gasteiger partial charge on any atom is -0.372 e. The SMILES string of the molecule is O=[N+]([O-])c1ccc(Br)cc1S(=O)(=O)N1CC2CCC(C1)O2. The molecular formula is C12H13BrN2O5S. The van der Waals surface area contributed by atoms with Gasteiger partial charge in [-0.2, -0.15) is 4.31 Å². The molecule has 2 fully saturated rings. The van der Waals surface area contributed by atoms with Crippen molar-refractivity contribution in [3.05, 3.63) is 32.8 Å². The van der Waals surface area contributed by atoms with Crippen molar-refractivity contribution in [1.29, 1.82) is 0 Å². The Kier molecular flexibility index (Phi) is 3.76. The van der Waals surface area contributed by atoms with Crippen molar-refractivity contribution in [2.75, 3.05) is 13.1 Å². The van der Waals surface area contributed by atoms with Gasteiger partial charge in [0, 0.05) is 23.6 Å². The first-order chi connectivity index (χ1) is 9.88. The summed E-state index contributed by atoms with van der Waals surface area (Å²) >= 11 is 3.17. The number of hydrogen-bond donors (Lipinski definition) is 0. The van der Waals surface area contributed by atoms with Crippen molar-refractivity contribution in [2.24, 2.45) is 0 Å². The van der Waals surface area contributed by atoms with Crippen molar-refractivity contribution in [3.8, 4) is 0 Å². The van der Waals surface area contributed by atoms with E-state index in [4.69, 9.17) is 4.74 Å². The molecule has 1 aromatic rings. The Morgan fingerprint density at radius 2 is 1.90 bits per heavy atom. The maximum Gasteiger partial charge on any atom is 0.289 e. The summed E-state index contributed by atoms with van der Waals surface area (Å²) in [4.78, 5) is 10.1. The van der Waals surface area contributed by atoms with E-state index < -0.39 is 20.6 Å². The molecule has 0 aliphatic carbocycles. The van der Waals surface area contributed by atoms with Crippen LogP contribution < -0.4 is 0 Å². The van der Waals surface area contributed by atoms with Crippen LogP contribution in [0.5, 0.6) is 0 Å². The van der Waals surface area contributed by atoms with E-state index in [1.165, 1.54) is 22.5 Å². The minimum atomic E-state index is -3.90. The highest BCUT2D eigenvalue weighted by atomic mass is 79.9. The Labute approximate surface area is 130 Å². The monoisotopic (exact) mass is 376 g/mol. The van der Waals surface area contributed by atoms with Gasteiger partial charge < -0.3 is 4.74 Å². The van der Waals surface area contributed by atoms with Crippen LogP contribution in [0.25, 0.3) is 0 Å². The molecule has 0 spiro atoms. The highest BCUT2D eigenvalue weighted by Crippen LogP contribution is 2.34. The van der Waals surface area contributed by atoms with Gasteiger partial charge in [-0.3, -0.25) is 10.1 Å². The molecule has 0 radical (unpaired) electrons. The molecule has 7 nitrogen and oxygen atoms in total. The Balaban J connectivity index is 2.02. The van der Waals surface area contributed by atoms with Crippen LogP contribution in [0, 0.1) is 10.1 Å². The molecule has 9 heteroatoms.